The summed E-state index contributed by atoms with van der Waals surface area (Å²) >= 11 is 0. The third kappa shape index (κ3) is 18.6. The van der Waals surface area contributed by atoms with Gasteiger partial charge in [-0.1, -0.05) is 0 Å². The molecule has 5 heavy (non-hydrogen) atoms. The average molecular weight is 309 g/mol. The summed E-state index contributed by atoms with van der Waals surface area (Å²) in [7, 11) is 0. The molecule has 0 aliphatic rings. The van der Waals surface area contributed by atoms with E-state index in [-0.39, 0.29) is 114 Å². The molecular formula is H2BaCuMgOZn. The Hall–Kier alpha value is 3.44. The van der Waals surface area contributed by atoms with E-state index in [4.69, 9.17) is 0 Å². The van der Waals surface area contributed by atoms with Crippen LogP contribution in [0.25, 0.3) is 0 Å². The van der Waals surface area contributed by atoms with Crippen molar-refractivity contribution in [1.29, 1.82) is 0 Å². The fourth-order valence-electron chi connectivity index (χ4n) is 0. The van der Waals surface area contributed by atoms with E-state index in [0.717, 1.165) is 0 Å². The van der Waals surface area contributed by atoms with Crippen molar-refractivity contribution in [1.82, 2.24) is 0 Å². The Morgan fingerprint density at radius 1 is 1.00 bits per heavy atom. The third-order valence-electron chi connectivity index (χ3n) is 0. The van der Waals surface area contributed by atoms with Gasteiger partial charge in [0.05, 0.1) is 0 Å². The quantitative estimate of drug-likeness (QED) is 0.492. The first-order valence-corrected chi connectivity index (χ1v) is 0. The summed E-state index contributed by atoms with van der Waals surface area (Å²) < 4.78 is 0. The number of hydrogen-bond donors (Lipinski definition) is 0. The molecule has 0 atom stereocenters. The normalized spacial score (nSPS) is 0. The minimum atomic E-state index is 0. The Morgan fingerprint density at radius 3 is 1.00 bits per heavy atom. The van der Waals surface area contributed by atoms with Crippen molar-refractivity contribution >= 4 is 71.9 Å². The fourth-order valence-corrected chi connectivity index (χ4v) is 0. The first-order chi connectivity index (χ1) is 0. The summed E-state index contributed by atoms with van der Waals surface area (Å²) in [5, 5.41) is 0. The Balaban J connectivity index is 0. The summed E-state index contributed by atoms with van der Waals surface area (Å²) in [6.07, 6.45) is 0. The van der Waals surface area contributed by atoms with Crippen molar-refractivity contribution < 1.29 is 42.0 Å². The standard InChI is InChI=1S/Ba.Cu.Mg.O.Zn.2H/q+2;;;-2;;;. The van der Waals surface area contributed by atoms with Gasteiger partial charge in [0.15, 0.2) is 0 Å². The van der Waals surface area contributed by atoms with E-state index in [0.29, 0.717) is 0 Å². The van der Waals surface area contributed by atoms with Crippen LogP contribution in [0.4, 0.5) is 0 Å². The molecule has 0 heterocycles. The molecule has 0 saturated carbocycles. The summed E-state index contributed by atoms with van der Waals surface area (Å²) in [6, 6.07) is 0. The molecule has 0 N–H and O–H groups in total. The predicted molar refractivity (Wildman–Crippen MR) is 15.0 cm³/mol. The fraction of sp³-hybridized carbons (Fsp3) is 0. The SMILES string of the molecule is [Ba+2].[Cu].[MgH2].[O-2].[Zn]. The van der Waals surface area contributed by atoms with Gasteiger partial charge >= 0.3 is 71.9 Å². The Morgan fingerprint density at radius 2 is 1.00 bits per heavy atom. The maximum absolute atomic E-state index is 0. The van der Waals surface area contributed by atoms with Gasteiger partial charge < -0.3 is 5.48 Å². The van der Waals surface area contributed by atoms with Gasteiger partial charge in [0.2, 0.25) is 0 Å². The monoisotopic (exact) mass is 307 g/mol. The van der Waals surface area contributed by atoms with E-state index < -0.39 is 0 Å². The number of hydrogen-bond acceptors (Lipinski definition) is 0. The molecule has 0 saturated heterocycles. The van der Waals surface area contributed by atoms with Crippen molar-refractivity contribution in [2.45, 2.75) is 0 Å². The Bertz CT molecular complexity index is 11.6. The van der Waals surface area contributed by atoms with Gasteiger partial charge in [0.1, 0.15) is 0 Å². The maximum atomic E-state index is 0. The summed E-state index contributed by atoms with van der Waals surface area (Å²) in [6.45, 7) is 0. The van der Waals surface area contributed by atoms with E-state index in [2.05, 4.69) is 0 Å². The minimum absolute atomic E-state index is 0. The molecule has 5 heteroatoms. The second kappa shape index (κ2) is 26.1. The van der Waals surface area contributed by atoms with Gasteiger partial charge in [-0.3, -0.25) is 0 Å². The summed E-state index contributed by atoms with van der Waals surface area (Å²) in [5.41, 5.74) is 0. The van der Waals surface area contributed by atoms with Crippen LogP contribution in [-0.2, 0) is 42.0 Å². The minimum Gasteiger partial charge on any atom is -2.00 e. The van der Waals surface area contributed by atoms with Gasteiger partial charge in [0.25, 0.3) is 0 Å². The van der Waals surface area contributed by atoms with Crippen molar-refractivity contribution in [3.63, 3.8) is 0 Å². The predicted octanol–water partition coefficient (Wildman–Crippen LogP) is -1.42. The molecule has 0 fully saturated rings. The Labute approximate surface area is 111 Å². The van der Waals surface area contributed by atoms with Crippen LogP contribution in [0.15, 0.2) is 0 Å². The Kier molecular flexibility index (Phi) is 206. The van der Waals surface area contributed by atoms with Gasteiger partial charge in [-0.05, 0) is 0 Å². The zero-order valence-corrected chi connectivity index (χ0v) is 10.5. The molecular weight excluding hydrogens is 307 g/mol. The topological polar surface area (TPSA) is 28.5 Å². The van der Waals surface area contributed by atoms with Gasteiger partial charge in [-0.15, -0.1) is 0 Å². The van der Waals surface area contributed by atoms with Crippen LogP contribution in [-0.4, -0.2) is 71.9 Å². The second-order valence-electron chi connectivity index (χ2n) is 0. The molecule has 0 aromatic carbocycles. The van der Waals surface area contributed by atoms with E-state index in [1.165, 1.54) is 0 Å². The molecule has 0 amide bonds. The van der Waals surface area contributed by atoms with Crippen molar-refractivity contribution in [3.8, 4) is 0 Å². The molecule has 1 nitrogen and oxygen atoms in total. The van der Waals surface area contributed by atoms with E-state index in [1.54, 1.807) is 0 Å². The van der Waals surface area contributed by atoms with E-state index in [9.17, 15) is 0 Å². The molecule has 0 spiro atoms. The van der Waals surface area contributed by atoms with Crippen LogP contribution >= 0.6 is 0 Å². The van der Waals surface area contributed by atoms with Gasteiger partial charge in [-0.2, -0.15) is 0 Å². The van der Waals surface area contributed by atoms with Crippen LogP contribution in [0.3, 0.4) is 0 Å². The van der Waals surface area contributed by atoms with Crippen LogP contribution in [0.5, 0.6) is 0 Å². The zero-order valence-electron chi connectivity index (χ0n) is 2.12. The van der Waals surface area contributed by atoms with E-state index >= 15 is 0 Å². The van der Waals surface area contributed by atoms with Gasteiger partial charge in [-0.25, -0.2) is 0 Å². The maximum Gasteiger partial charge on any atom is 2.00 e. The van der Waals surface area contributed by atoms with E-state index in [1.807, 2.05) is 0 Å². The molecule has 0 aromatic rings. The molecule has 0 aliphatic carbocycles. The molecule has 0 aliphatic heterocycles. The largest absolute Gasteiger partial charge is 2.00 e. The van der Waals surface area contributed by atoms with Crippen LogP contribution in [0.1, 0.15) is 0 Å². The number of rotatable bonds is 0. The molecule has 0 rings (SSSR count). The molecule has 1 radical (unpaired) electrons. The van der Waals surface area contributed by atoms with Crippen LogP contribution < -0.4 is 0 Å². The summed E-state index contributed by atoms with van der Waals surface area (Å²) in [4.78, 5) is 0. The zero-order chi connectivity index (χ0) is 0. The first kappa shape index (κ1) is 39.5. The van der Waals surface area contributed by atoms with Gasteiger partial charge in [0, 0.05) is 36.5 Å². The van der Waals surface area contributed by atoms with Crippen molar-refractivity contribution in [2.24, 2.45) is 0 Å². The van der Waals surface area contributed by atoms with Crippen molar-refractivity contribution in [2.75, 3.05) is 0 Å². The third-order valence-corrected chi connectivity index (χ3v) is 0. The molecule has 0 bridgehead atoms. The average Bonchev–Trinajstić information content (AvgIpc) is 0. The smallest absolute Gasteiger partial charge is 2.00 e. The second-order valence-corrected chi connectivity index (χ2v) is 0. The molecule has 25 valence electrons. The van der Waals surface area contributed by atoms with Crippen molar-refractivity contribution in [3.05, 3.63) is 0 Å². The van der Waals surface area contributed by atoms with Crippen LogP contribution in [0, 0.1) is 0 Å². The first-order valence-electron chi connectivity index (χ1n) is 0. The summed E-state index contributed by atoms with van der Waals surface area (Å²) in [5.74, 6) is 0. The van der Waals surface area contributed by atoms with Crippen LogP contribution in [0.2, 0.25) is 0 Å². The molecule has 0 aromatic heterocycles. The molecule has 0 unspecified atom stereocenters.